The number of carbonyl (C=O) groups excluding carboxylic acids is 1. The lowest BCUT2D eigenvalue weighted by atomic mass is 10.2. The fourth-order valence-corrected chi connectivity index (χ4v) is 4.28. The fraction of sp³-hybridized carbons (Fsp3) is 0.286. The Morgan fingerprint density at radius 3 is 2.63 bits per heavy atom. The number of anilines is 1. The molecule has 30 heavy (non-hydrogen) atoms. The van der Waals surface area contributed by atoms with Crippen molar-refractivity contribution in [3.05, 3.63) is 71.5 Å². The van der Waals surface area contributed by atoms with Crippen molar-refractivity contribution in [2.75, 3.05) is 31.3 Å². The number of nitrogens with one attached hydrogen (secondary N) is 1. The van der Waals surface area contributed by atoms with E-state index in [4.69, 9.17) is 4.74 Å². The molecule has 1 aromatic heterocycles. The second kappa shape index (κ2) is 11.6. The Labute approximate surface area is 183 Å². The molecule has 9 heteroatoms. The highest BCUT2D eigenvalue weighted by Crippen LogP contribution is 2.26. The standard InChI is InChI=1S/C21H23FN4O2S2/c1-28-12-11-26(14-17-5-3-2-4-6-17)19(27)15-29-21-25-24-20(30-21)23-13-16-7-9-18(22)10-8-16/h2-10H,11-15H2,1H3,(H,23,24). The zero-order chi connectivity index (χ0) is 21.2. The second-order valence-corrected chi connectivity index (χ2v) is 8.64. The molecule has 0 aliphatic carbocycles. The van der Waals surface area contributed by atoms with Crippen LogP contribution in [0, 0.1) is 5.82 Å². The highest BCUT2D eigenvalue weighted by atomic mass is 32.2. The summed E-state index contributed by atoms with van der Waals surface area (Å²) < 4.78 is 18.8. The predicted octanol–water partition coefficient (Wildman–Crippen LogP) is 4.06. The molecule has 0 fully saturated rings. The topological polar surface area (TPSA) is 67.3 Å². The first-order valence-electron chi connectivity index (χ1n) is 9.39. The van der Waals surface area contributed by atoms with E-state index in [1.165, 1.54) is 35.2 Å². The number of rotatable bonds is 11. The van der Waals surface area contributed by atoms with Crippen LogP contribution in [-0.4, -0.2) is 47.0 Å². The minimum atomic E-state index is -0.259. The number of hydrogen-bond acceptors (Lipinski definition) is 7. The number of amides is 1. The van der Waals surface area contributed by atoms with E-state index in [0.717, 1.165) is 15.5 Å². The number of methoxy groups -OCH3 is 1. The predicted molar refractivity (Wildman–Crippen MR) is 118 cm³/mol. The van der Waals surface area contributed by atoms with Crippen molar-refractivity contribution in [2.24, 2.45) is 0 Å². The molecule has 1 amide bonds. The molecule has 3 rings (SSSR count). The van der Waals surface area contributed by atoms with Crippen LogP contribution in [0.1, 0.15) is 11.1 Å². The molecule has 158 valence electrons. The van der Waals surface area contributed by atoms with Gasteiger partial charge in [-0.1, -0.05) is 65.6 Å². The van der Waals surface area contributed by atoms with Crippen molar-refractivity contribution in [3.63, 3.8) is 0 Å². The summed E-state index contributed by atoms with van der Waals surface area (Å²) in [6.07, 6.45) is 0. The van der Waals surface area contributed by atoms with Crippen LogP contribution in [0.15, 0.2) is 58.9 Å². The van der Waals surface area contributed by atoms with E-state index in [0.29, 0.717) is 31.4 Å². The average Bonchev–Trinajstić information content (AvgIpc) is 3.23. The summed E-state index contributed by atoms with van der Waals surface area (Å²) in [6.45, 7) is 2.09. The lowest BCUT2D eigenvalue weighted by molar-refractivity contribution is -0.129. The maximum absolute atomic E-state index is 13.0. The van der Waals surface area contributed by atoms with Crippen LogP contribution < -0.4 is 5.32 Å². The summed E-state index contributed by atoms with van der Waals surface area (Å²) in [5.74, 6) is 0.0464. The molecule has 1 N–H and O–H groups in total. The summed E-state index contributed by atoms with van der Waals surface area (Å²) in [7, 11) is 1.63. The van der Waals surface area contributed by atoms with Crippen molar-refractivity contribution >= 4 is 34.1 Å². The van der Waals surface area contributed by atoms with E-state index in [1.807, 2.05) is 30.3 Å². The molecule has 3 aromatic rings. The fourth-order valence-electron chi connectivity index (χ4n) is 2.63. The minimum absolute atomic E-state index is 0.0249. The number of benzene rings is 2. The molecule has 0 aliphatic rings. The summed E-state index contributed by atoms with van der Waals surface area (Å²) in [5.41, 5.74) is 2.03. The largest absolute Gasteiger partial charge is 0.383 e. The summed E-state index contributed by atoms with van der Waals surface area (Å²) in [6, 6.07) is 16.2. The minimum Gasteiger partial charge on any atom is -0.383 e. The Morgan fingerprint density at radius 1 is 1.13 bits per heavy atom. The molecule has 6 nitrogen and oxygen atoms in total. The maximum Gasteiger partial charge on any atom is 0.233 e. The number of thioether (sulfide) groups is 1. The third-order valence-electron chi connectivity index (χ3n) is 4.22. The van der Waals surface area contributed by atoms with Gasteiger partial charge in [-0.15, -0.1) is 10.2 Å². The number of ether oxygens (including phenoxy) is 1. The van der Waals surface area contributed by atoms with Gasteiger partial charge in [-0.3, -0.25) is 4.79 Å². The van der Waals surface area contributed by atoms with E-state index < -0.39 is 0 Å². The zero-order valence-electron chi connectivity index (χ0n) is 16.6. The van der Waals surface area contributed by atoms with Crippen LogP contribution in [0.25, 0.3) is 0 Å². The van der Waals surface area contributed by atoms with Crippen LogP contribution in [0.4, 0.5) is 9.52 Å². The number of carbonyl (C=O) groups is 1. The average molecular weight is 447 g/mol. The Balaban J connectivity index is 1.50. The van der Waals surface area contributed by atoms with Gasteiger partial charge in [-0.2, -0.15) is 0 Å². The van der Waals surface area contributed by atoms with Gasteiger partial charge in [-0.25, -0.2) is 4.39 Å². The van der Waals surface area contributed by atoms with E-state index in [-0.39, 0.29) is 17.5 Å². The van der Waals surface area contributed by atoms with Gasteiger partial charge < -0.3 is 15.0 Å². The zero-order valence-corrected chi connectivity index (χ0v) is 18.2. The Kier molecular flexibility index (Phi) is 8.61. The molecule has 0 aliphatic heterocycles. The Morgan fingerprint density at radius 2 is 1.90 bits per heavy atom. The van der Waals surface area contributed by atoms with E-state index in [1.54, 1.807) is 24.1 Å². The van der Waals surface area contributed by atoms with Gasteiger partial charge in [0.25, 0.3) is 0 Å². The van der Waals surface area contributed by atoms with Crippen molar-refractivity contribution in [1.29, 1.82) is 0 Å². The molecule has 0 saturated heterocycles. The van der Waals surface area contributed by atoms with Crippen molar-refractivity contribution < 1.29 is 13.9 Å². The van der Waals surface area contributed by atoms with Gasteiger partial charge in [-0.05, 0) is 23.3 Å². The van der Waals surface area contributed by atoms with Crippen LogP contribution in [-0.2, 0) is 22.6 Å². The SMILES string of the molecule is COCCN(Cc1ccccc1)C(=O)CSc1nnc(NCc2ccc(F)cc2)s1. The Hall–Kier alpha value is -2.49. The van der Waals surface area contributed by atoms with Crippen LogP contribution in [0.2, 0.25) is 0 Å². The number of hydrogen-bond donors (Lipinski definition) is 1. The molecule has 0 atom stereocenters. The highest BCUT2D eigenvalue weighted by Gasteiger charge is 2.16. The molecule has 0 saturated carbocycles. The van der Waals surface area contributed by atoms with Gasteiger partial charge in [0.05, 0.1) is 12.4 Å². The van der Waals surface area contributed by atoms with Gasteiger partial charge in [0, 0.05) is 26.7 Å². The molecule has 0 radical (unpaired) electrons. The summed E-state index contributed by atoms with van der Waals surface area (Å²) in [5, 5.41) is 12.1. The highest BCUT2D eigenvalue weighted by molar-refractivity contribution is 8.01. The first-order valence-corrected chi connectivity index (χ1v) is 11.2. The third-order valence-corrected chi connectivity index (χ3v) is 6.22. The van der Waals surface area contributed by atoms with E-state index >= 15 is 0 Å². The number of halogens is 1. The third kappa shape index (κ3) is 7.08. The van der Waals surface area contributed by atoms with Gasteiger partial charge in [0.15, 0.2) is 4.34 Å². The summed E-state index contributed by atoms with van der Waals surface area (Å²) in [4.78, 5) is 14.5. The number of nitrogens with zero attached hydrogens (tertiary/aromatic N) is 3. The summed E-state index contributed by atoms with van der Waals surface area (Å²) >= 11 is 2.76. The lowest BCUT2D eigenvalue weighted by Gasteiger charge is -2.22. The van der Waals surface area contributed by atoms with Gasteiger partial charge in [0.1, 0.15) is 5.82 Å². The first-order chi connectivity index (χ1) is 14.6. The lowest BCUT2D eigenvalue weighted by Crippen LogP contribution is -2.34. The van der Waals surface area contributed by atoms with Crippen molar-refractivity contribution in [1.82, 2.24) is 15.1 Å². The van der Waals surface area contributed by atoms with E-state index in [9.17, 15) is 9.18 Å². The second-order valence-electron chi connectivity index (χ2n) is 6.44. The normalized spacial score (nSPS) is 10.7. The Bertz CT molecular complexity index is 922. The molecule has 0 spiro atoms. The smallest absolute Gasteiger partial charge is 0.233 e. The maximum atomic E-state index is 13.0. The molecule has 0 unspecified atom stereocenters. The first kappa shape index (κ1) is 22.2. The molecule has 2 aromatic carbocycles. The van der Waals surface area contributed by atoms with Crippen molar-refractivity contribution in [3.8, 4) is 0 Å². The molecular formula is C21H23FN4O2S2. The molecule has 1 heterocycles. The van der Waals surface area contributed by atoms with Crippen molar-refractivity contribution in [2.45, 2.75) is 17.4 Å². The van der Waals surface area contributed by atoms with Gasteiger partial charge >= 0.3 is 0 Å². The number of aromatic nitrogens is 2. The quantitative estimate of drug-likeness (QED) is 0.448. The van der Waals surface area contributed by atoms with Crippen LogP contribution in [0.5, 0.6) is 0 Å². The van der Waals surface area contributed by atoms with Crippen LogP contribution in [0.3, 0.4) is 0 Å². The van der Waals surface area contributed by atoms with E-state index in [2.05, 4.69) is 15.5 Å². The monoisotopic (exact) mass is 446 g/mol. The van der Waals surface area contributed by atoms with Crippen LogP contribution >= 0.6 is 23.1 Å². The van der Waals surface area contributed by atoms with Gasteiger partial charge in [0.2, 0.25) is 11.0 Å². The molecule has 0 bridgehead atoms. The molecular weight excluding hydrogens is 423 g/mol.